The van der Waals surface area contributed by atoms with Gasteiger partial charge >= 0.3 is 0 Å². The highest BCUT2D eigenvalue weighted by Gasteiger charge is 2.08. The van der Waals surface area contributed by atoms with Crippen molar-refractivity contribution in [3.05, 3.63) is 83.6 Å². The SMILES string of the molecule is O=C(Cc1cn2ccsc2n1)NNC(=S)Nc1ccc(OCc2ccccc2)cc1. The maximum atomic E-state index is 12.1. The van der Waals surface area contributed by atoms with Gasteiger partial charge in [-0.3, -0.25) is 20.0 Å². The molecule has 0 bridgehead atoms. The molecule has 2 heterocycles. The number of rotatable bonds is 6. The Labute approximate surface area is 182 Å². The molecule has 0 saturated carbocycles. The second kappa shape index (κ2) is 9.38. The molecule has 1 amide bonds. The van der Waals surface area contributed by atoms with Crippen LogP contribution in [0.3, 0.4) is 0 Å². The Morgan fingerprint density at radius 1 is 1.10 bits per heavy atom. The van der Waals surface area contributed by atoms with Crippen molar-refractivity contribution in [2.45, 2.75) is 13.0 Å². The van der Waals surface area contributed by atoms with E-state index in [1.54, 1.807) is 0 Å². The number of imidazole rings is 1. The van der Waals surface area contributed by atoms with Crippen LogP contribution in [0.5, 0.6) is 5.75 Å². The van der Waals surface area contributed by atoms with E-state index in [0.29, 0.717) is 12.3 Å². The Hall–Kier alpha value is -3.43. The Bertz CT molecular complexity index is 1110. The summed E-state index contributed by atoms with van der Waals surface area (Å²) in [4.78, 5) is 17.3. The van der Waals surface area contributed by atoms with Crippen LogP contribution in [0.15, 0.2) is 72.4 Å². The molecule has 0 aliphatic rings. The summed E-state index contributed by atoms with van der Waals surface area (Å²) in [5.41, 5.74) is 7.86. The molecule has 7 nitrogen and oxygen atoms in total. The van der Waals surface area contributed by atoms with Gasteiger partial charge in [-0.2, -0.15) is 0 Å². The molecule has 0 spiro atoms. The van der Waals surface area contributed by atoms with E-state index in [1.807, 2.05) is 76.8 Å². The Morgan fingerprint density at radius 2 is 1.90 bits per heavy atom. The van der Waals surface area contributed by atoms with Crippen LogP contribution in [0.1, 0.15) is 11.3 Å². The summed E-state index contributed by atoms with van der Waals surface area (Å²) in [7, 11) is 0. The molecule has 0 aliphatic heterocycles. The number of nitrogens with zero attached hydrogens (tertiary/aromatic N) is 2. The number of carbonyl (C=O) groups is 1. The van der Waals surface area contributed by atoms with Gasteiger partial charge in [-0.25, -0.2) is 4.98 Å². The first-order chi connectivity index (χ1) is 14.7. The predicted octanol–water partition coefficient (Wildman–Crippen LogP) is 3.54. The Kier molecular flexibility index (Phi) is 6.21. The van der Waals surface area contributed by atoms with E-state index in [2.05, 4.69) is 21.2 Å². The molecular weight excluding hydrogens is 418 g/mol. The number of thiocarbonyl (C=S) groups is 1. The van der Waals surface area contributed by atoms with Crippen LogP contribution in [0, 0.1) is 0 Å². The Morgan fingerprint density at radius 3 is 2.67 bits per heavy atom. The molecule has 3 N–H and O–H groups in total. The number of amides is 1. The highest BCUT2D eigenvalue weighted by atomic mass is 32.1. The quantitative estimate of drug-likeness (QED) is 0.316. The van der Waals surface area contributed by atoms with Gasteiger partial charge in [-0.05, 0) is 42.0 Å². The number of hydrogen-bond donors (Lipinski definition) is 3. The summed E-state index contributed by atoms with van der Waals surface area (Å²) in [5, 5.41) is 5.24. The van der Waals surface area contributed by atoms with E-state index in [9.17, 15) is 4.79 Å². The summed E-state index contributed by atoms with van der Waals surface area (Å²) in [6.45, 7) is 0.508. The predicted molar refractivity (Wildman–Crippen MR) is 121 cm³/mol. The molecule has 4 aromatic rings. The van der Waals surface area contributed by atoms with Crippen molar-refractivity contribution in [3.63, 3.8) is 0 Å². The van der Waals surface area contributed by atoms with E-state index in [0.717, 1.165) is 22.0 Å². The highest BCUT2D eigenvalue weighted by molar-refractivity contribution is 7.80. The summed E-state index contributed by atoms with van der Waals surface area (Å²) in [6.07, 6.45) is 3.91. The average molecular weight is 438 g/mol. The van der Waals surface area contributed by atoms with Crippen molar-refractivity contribution in [2.75, 3.05) is 5.32 Å². The number of aromatic nitrogens is 2. The van der Waals surface area contributed by atoms with Gasteiger partial charge in [0.2, 0.25) is 5.91 Å². The van der Waals surface area contributed by atoms with Gasteiger partial charge in [-0.1, -0.05) is 30.3 Å². The lowest BCUT2D eigenvalue weighted by Crippen LogP contribution is -2.44. The number of anilines is 1. The number of nitrogens with one attached hydrogen (secondary N) is 3. The number of hydrogen-bond acceptors (Lipinski definition) is 5. The number of carbonyl (C=O) groups excluding carboxylic acids is 1. The lowest BCUT2D eigenvalue weighted by atomic mass is 10.2. The molecule has 0 atom stereocenters. The fourth-order valence-electron chi connectivity index (χ4n) is 2.73. The standard InChI is InChI=1S/C21H19N5O2S2/c27-19(12-17-13-26-10-11-30-21(26)23-17)24-25-20(29)22-16-6-8-18(9-7-16)28-14-15-4-2-1-3-5-15/h1-11,13H,12,14H2,(H,24,27)(H2,22,25,29). The molecule has 30 heavy (non-hydrogen) atoms. The van der Waals surface area contributed by atoms with Crippen LogP contribution < -0.4 is 20.9 Å². The first kappa shape index (κ1) is 19.9. The second-order valence-corrected chi connectivity index (χ2v) is 7.71. The van der Waals surface area contributed by atoms with E-state index in [-0.39, 0.29) is 17.4 Å². The van der Waals surface area contributed by atoms with Crippen LogP contribution in [0.4, 0.5) is 5.69 Å². The zero-order valence-corrected chi connectivity index (χ0v) is 17.5. The fraction of sp³-hybridized carbons (Fsp3) is 0.0952. The molecule has 2 aromatic carbocycles. The van der Waals surface area contributed by atoms with Crippen molar-refractivity contribution in [2.24, 2.45) is 0 Å². The van der Waals surface area contributed by atoms with E-state index < -0.39 is 0 Å². The topological polar surface area (TPSA) is 79.7 Å². The zero-order chi connectivity index (χ0) is 20.8. The molecule has 2 aromatic heterocycles. The number of thiazole rings is 1. The summed E-state index contributed by atoms with van der Waals surface area (Å²) < 4.78 is 7.65. The van der Waals surface area contributed by atoms with Crippen molar-refractivity contribution in [3.8, 4) is 5.75 Å². The van der Waals surface area contributed by atoms with Crippen molar-refractivity contribution in [1.82, 2.24) is 20.2 Å². The minimum absolute atomic E-state index is 0.164. The van der Waals surface area contributed by atoms with Gasteiger partial charge in [-0.15, -0.1) is 11.3 Å². The highest BCUT2D eigenvalue weighted by Crippen LogP contribution is 2.17. The third-order valence-electron chi connectivity index (χ3n) is 4.16. The van der Waals surface area contributed by atoms with E-state index >= 15 is 0 Å². The smallest absolute Gasteiger partial charge is 0.244 e. The monoisotopic (exact) mass is 437 g/mol. The van der Waals surface area contributed by atoms with Crippen LogP contribution >= 0.6 is 23.6 Å². The lowest BCUT2D eigenvalue weighted by molar-refractivity contribution is -0.121. The number of hydrazine groups is 1. The Balaban J connectivity index is 1.20. The van der Waals surface area contributed by atoms with Crippen molar-refractivity contribution >= 4 is 45.2 Å². The minimum Gasteiger partial charge on any atom is -0.489 e. The number of ether oxygens (including phenoxy) is 1. The van der Waals surface area contributed by atoms with Crippen LogP contribution in [0.25, 0.3) is 4.96 Å². The zero-order valence-electron chi connectivity index (χ0n) is 15.9. The van der Waals surface area contributed by atoms with Crippen LogP contribution in [0.2, 0.25) is 0 Å². The molecule has 152 valence electrons. The fourth-order valence-corrected chi connectivity index (χ4v) is 3.62. The van der Waals surface area contributed by atoms with E-state index in [1.165, 1.54) is 11.3 Å². The van der Waals surface area contributed by atoms with Gasteiger partial charge in [0.15, 0.2) is 10.1 Å². The molecule has 0 fully saturated rings. The second-order valence-electron chi connectivity index (χ2n) is 6.43. The summed E-state index contributed by atoms with van der Waals surface area (Å²) in [6, 6.07) is 17.4. The maximum Gasteiger partial charge on any atom is 0.244 e. The first-order valence-electron chi connectivity index (χ1n) is 9.19. The largest absolute Gasteiger partial charge is 0.489 e. The third-order valence-corrected chi connectivity index (χ3v) is 5.14. The van der Waals surface area contributed by atoms with Crippen molar-refractivity contribution < 1.29 is 9.53 Å². The average Bonchev–Trinajstić information content (AvgIpc) is 3.34. The van der Waals surface area contributed by atoms with Gasteiger partial charge in [0.05, 0.1) is 12.1 Å². The molecular formula is C21H19N5O2S2. The van der Waals surface area contributed by atoms with Crippen LogP contribution in [-0.2, 0) is 17.8 Å². The normalized spacial score (nSPS) is 10.5. The molecule has 9 heteroatoms. The summed E-state index contributed by atoms with van der Waals surface area (Å²) in [5.74, 6) is 0.533. The number of benzene rings is 2. The summed E-state index contributed by atoms with van der Waals surface area (Å²) >= 11 is 6.74. The molecule has 4 rings (SSSR count). The maximum absolute atomic E-state index is 12.1. The first-order valence-corrected chi connectivity index (χ1v) is 10.5. The van der Waals surface area contributed by atoms with Gasteiger partial charge in [0.1, 0.15) is 12.4 Å². The molecule has 0 unspecified atom stereocenters. The number of fused-ring (bicyclic) bond motifs is 1. The van der Waals surface area contributed by atoms with Gasteiger partial charge in [0, 0.05) is 23.5 Å². The third kappa shape index (κ3) is 5.34. The molecule has 0 aliphatic carbocycles. The molecule has 0 saturated heterocycles. The molecule has 0 radical (unpaired) electrons. The minimum atomic E-state index is -0.227. The van der Waals surface area contributed by atoms with Crippen LogP contribution in [-0.4, -0.2) is 20.4 Å². The van der Waals surface area contributed by atoms with Gasteiger partial charge < -0.3 is 10.1 Å². The van der Waals surface area contributed by atoms with Gasteiger partial charge in [0.25, 0.3) is 0 Å². The van der Waals surface area contributed by atoms with E-state index in [4.69, 9.17) is 17.0 Å². The lowest BCUT2D eigenvalue weighted by Gasteiger charge is -2.12. The van der Waals surface area contributed by atoms with Crippen molar-refractivity contribution in [1.29, 1.82) is 0 Å².